The molecule has 3 amide bonds. The molecule has 1 saturated heterocycles. The third-order valence-electron chi connectivity index (χ3n) is 7.21. The van der Waals surface area contributed by atoms with Crippen LogP contribution in [0.25, 0.3) is 0 Å². The van der Waals surface area contributed by atoms with E-state index in [0.29, 0.717) is 24.5 Å². The van der Waals surface area contributed by atoms with Crippen LogP contribution in [0.1, 0.15) is 66.3 Å². The lowest BCUT2D eigenvalue weighted by Crippen LogP contribution is -2.55. The summed E-state index contributed by atoms with van der Waals surface area (Å²) in [6, 6.07) is 20.6. The number of nitrogens with one attached hydrogen (secondary N) is 1. The highest BCUT2D eigenvalue weighted by molar-refractivity contribution is 9.10. The van der Waals surface area contributed by atoms with Crippen LogP contribution in [0.5, 0.6) is 5.75 Å². The zero-order valence-corrected chi connectivity index (χ0v) is 26.2. The number of hydrogen-bond donors (Lipinski definition) is 2. The van der Waals surface area contributed by atoms with Crippen LogP contribution in [-0.2, 0) is 9.59 Å². The Hall–Kier alpha value is -4.51. The highest BCUT2D eigenvalue weighted by Crippen LogP contribution is 2.45. The van der Waals surface area contributed by atoms with Gasteiger partial charge in [0.15, 0.2) is 5.78 Å². The number of piperazine rings is 1. The molecule has 2 aliphatic heterocycles. The third kappa shape index (κ3) is 6.83. The van der Waals surface area contributed by atoms with Crippen LogP contribution in [-0.4, -0.2) is 69.7 Å². The Balaban J connectivity index is 1.71. The molecule has 10 nitrogen and oxygen atoms in total. The molecule has 228 valence electrons. The fraction of sp³-hybridized carbons (Fsp3) is 0.303. The third-order valence-corrected chi connectivity index (χ3v) is 7.74. The van der Waals surface area contributed by atoms with Gasteiger partial charge in [-0.25, -0.2) is 4.79 Å². The van der Waals surface area contributed by atoms with Gasteiger partial charge in [0.1, 0.15) is 36.2 Å². The summed E-state index contributed by atoms with van der Waals surface area (Å²) < 4.78 is 7.21. The fourth-order valence-corrected chi connectivity index (χ4v) is 5.60. The highest BCUT2D eigenvalue weighted by atomic mass is 79.9. The molecule has 0 bridgehead atoms. The van der Waals surface area contributed by atoms with Gasteiger partial charge in [0, 0.05) is 23.1 Å². The topological polar surface area (TPSA) is 129 Å². The summed E-state index contributed by atoms with van der Waals surface area (Å²) in [4.78, 5) is 59.1. The maximum absolute atomic E-state index is 14.5. The average Bonchev–Trinajstić information content (AvgIpc) is 3.36. The van der Waals surface area contributed by atoms with Crippen LogP contribution in [0.3, 0.4) is 0 Å². The number of ketones is 1. The SMILES string of the molecule is CC(C)(C)Oc1cc(C(=O)CC(=O)O)ccc1C1=NC(c2ccccc2)C(c2ccc(Br)cc2)N1C(=O)N1CCNC(=O)C1. The molecular formula is C33H33BrN4O6. The minimum absolute atomic E-state index is 0.0976. The number of ether oxygens (including phenoxy) is 1. The fourth-order valence-electron chi connectivity index (χ4n) is 5.33. The number of carbonyl (C=O) groups excluding carboxylic acids is 3. The molecule has 2 unspecified atom stereocenters. The van der Waals surface area contributed by atoms with Gasteiger partial charge in [0.05, 0.1) is 11.6 Å². The molecule has 2 atom stereocenters. The Labute approximate surface area is 263 Å². The number of Topliss-reactive ketones (excluding diaryl/α,β-unsaturated/α-hetero) is 1. The largest absolute Gasteiger partial charge is 0.487 e. The number of aliphatic imine (C=N–C) groups is 1. The van der Waals surface area contributed by atoms with E-state index in [0.717, 1.165) is 15.6 Å². The average molecular weight is 662 g/mol. The van der Waals surface area contributed by atoms with Crippen LogP contribution >= 0.6 is 15.9 Å². The number of aliphatic carboxylic acids is 1. The van der Waals surface area contributed by atoms with E-state index >= 15 is 0 Å². The van der Waals surface area contributed by atoms with Crippen LogP contribution in [0.4, 0.5) is 4.79 Å². The quantitative estimate of drug-likeness (QED) is 0.259. The Morgan fingerprint density at radius 2 is 1.73 bits per heavy atom. The van der Waals surface area contributed by atoms with Crippen LogP contribution < -0.4 is 10.1 Å². The van der Waals surface area contributed by atoms with Crippen LogP contribution in [0.15, 0.2) is 82.3 Å². The maximum atomic E-state index is 14.5. The normalized spacial score (nSPS) is 18.5. The number of nitrogens with zero attached hydrogens (tertiary/aromatic N) is 3. The van der Waals surface area contributed by atoms with Gasteiger partial charge in [0.25, 0.3) is 0 Å². The van der Waals surface area contributed by atoms with Crippen molar-refractivity contribution in [2.45, 2.75) is 44.9 Å². The lowest BCUT2D eigenvalue weighted by atomic mass is 9.93. The van der Waals surface area contributed by atoms with Gasteiger partial charge in [0.2, 0.25) is 5.91 Å². The number of hydrogen-bond acceptors (Lipinski definition) is 6. The van der Waals surface area contributed by atoms with Gasteiger partial charge in [-0.15, -0.1) is 0 Å². The summed E-state index contributed by atoms with van der Waals surface area (Å²) in [6.07, 6.45) is -0.668. The first-order valence-corrected chi connectivity index (χ1v) is 15.0. The molecule has 0 spiro atoms. The summed E-state index contributed by atoms with van der Waals surface area (Å²) in [7, 11) is 0. The number of amidine groups is 1. The van der Waals surface area contributed by atoms with E-state index in [1.165, 1.54) is 17.0 Å². The molecule has 11 heteroatoms. The van der Waals surface area contributed by atoms with Crippen molar-refractivity contribution in [2.24, 2.45) is 4.99 Å². The number of halogens is 1. The first-order chi connectivity index (χ1) is 20.9. The Kier molecular flexibility index (Phi) is 8.87. The predicted octanol–water partition coefficient (Wildman–Crippen LogP) is 5.38. The second-order valence-corrected chi connectivity index (χ2v) is 12.6. The lowest BCUT2D eigenvalue weighted by Gasteiger charge is -2.36. The number of rotatable bonds is 7. The maximum Gasteiger partial charge on any atom is 0.326 e. The van der Waals surface area contributed by atoms with E-state index < -0.39 is 41.9 Å². The molecular weight excluding hydrogens is 628 g/mol. The number of urea groups is 1. The predicted molar refractivity (Wildman–Crippen MR) is 168 cm³/mol. The molecule has 0 aliphatic carbocycles. The Bertz CT molecular complexity index is 1620. The van der Waals surface area contributed by atoms with E-state index in [4.69, 9.17) is 9.73 Å². The number of amides is 3. The van der Waals surface area contributed by atoms with E-state index in [-0.39, 0.29) is 23.8 Å². The van der Waals surface area contributed by atoms with Crippen molar-refractivity contribution in [1.82, 2.24) is 15.1 Å². The van der Waals surface area contributed by atoms with E-state index in [2.05, 4.69) is 21.2 Å². The summed E-state index contributed by atoms with van der Waals surface area (Å²) >= 11 is 3.50. The van der Waals surface area contributed by atoms with Gasteiger partial charge < -0.3 is 20.1 Å². The first kappa shape index (κ1) is 30.9. The van der Waals surface area contributed by atoms with Crippen molar-refractivity contribution >= 4 is 45.5 Å². The number of carbonyl (C=O) groups is 4. The molecule has 2 heterocycles. The lowest BCUT2D eigenvalue weighted by molar-refractivity contribution is -0.136. The summed E-state index contributed by atoms with van der Waals surface area (Å²) in [5, 5.41) is 12.0. The van der Waals surface area contributed by atoms with Gasteiger partial charge in [-0.05, 0) is 56.2 Å². The Morgan fingerprint density at radius 3 is 2.36 bits per heavy atom. The Morgan fingerprint density at radius 1 is 1.02 bits per heavy atom. The zero-order valence-electron chi connectivity index (χ0n) is 24.6. The van der Waals surface area contributed by atoms with E-state index in [1.807, 2.05) is 75.4 Å². The van der Waals surface area contributed by atoms with Crippen LogP contribution in [0.2, 0.25) is 0 Å². The summed E-state index contributed by atoms with van der Waals surface area (Å²) in [6.45, 7) is 6.11. The molecule has 2 N–H and O–H groups in total. The van der Waals surface area contributed by atoms with Crippen molar-refractivity contribution in [2.75, 3.05) is 19.6 Å². The van der Waals surface area contributed by atoms with Crippen molar-refractivity contribution in [3.63, 3.8) is 0 Å². The second-order valence-electron chi connectivity index (χ2n) is 11.6. The van der Waals surface area contributed by atoms with Crippen molar-refractivity contribution in [3.8, 4) is 5.75 Å². The molecule has 0 aromatic heterocycles. The van der Waals surface area contributed by atoms with Crippen molar-refractivity contribution < 1.29 is 29.0 Å². The van der Waals surface area contributed by atoms with E-state index in [1.54, 1.807) is 11.0 Å². The molecule has 3 aromatic rings. The first-order valence-electron chi connectivity index (χ1n) is 14.2. The smallest absolute Gasteiger partial charge is 0.326 e. The van der Waals surface area contributed by atoms with Gasteiger partial charge in [-0.2, -0.15) is 0 Å². The van der Waals surface area contributed by atoms with Gasteiger partial charge in [-0.3, -0.25) is 24.3 Å². The molecule has 0 saturated carbocycles. The molecule has 44 heavy (non-hydrogen) atoms. The minimum Gasteiger partial charge on any atom is -0.487 e. The van der Waals surface area contributed by atoms with Crippen LogP contribution in [0, 0.1) is 0 Å². The van der Waals surface area contributed by atoms with Gasteiger partial charge in [-0.1, -0.05) is 64.5 Å². The molecule has 3 aromatic carbocycles. The summed E-state index contributed by atoms with van der Waals surface area (Å²) in [5.41, 5.74) is 1.65. The number of benzene rings is 3. The molecule has 5 rings (SSSR count). The number of carboxylic acid groups (broad SMARTS) is 1. The minimum atomic E-state index is -1.23. The standard InChI is InChI=1S/C33H33BrN4O6/c1-33(2,3)44-26-17-22(25(39)18-28(41)42)11-14-24(26)31-36-29(20-7-5-4-6-8-20)30(21-9-12-23(34)13-10-21)38(31)32(43)37-16-15-35-27(40)19-37/h4-14,17,29-30H,15-16,18-19H2,1-3H3,(H,35,40)(H,41,42). The highest BCUT2D eigenvalue weighted by Gasteiger charge is 2.45. The van der Waals surface area contributed by atoms with Crippen molar-refractivity contribution in [3.05, 3.63) is 99.5 Å². The molecule has 1 fully saturated rings. The molecule has 0 radical (unpaired) electrons. The number of carboxylic acids is 1. The second kappa shape index (κ2) is 12.6. The molecule has 2 aliphatic rings. The van der Waals surface area contributed by atoms with Gasteiger partial charge >= 0.3 is 12.0 Å². The summed E-state index contributed by atoms with van der Waals surface area (Å²) in [5.74, 6) is -1.45. The van der Waals surface area contributed by atoms with Crippen molar-refractivity contribution in [1.29, 1.82) is 0 Å². The van der Waals surface area contributed by atoms with E-state index in [9.17, 15) is 24.3 Å². The zero-order chi connectivity index (χ0) is 31.6. The monoisotopic (exact) mass is 660 g/mol.